The molecule has 1 heteroatoms. The Morgan fingerprint density at radius 3 is 2.33 bits per heavy atom. The summed E-state index contributed by atoms with van der Waals surface area (Å²) < 4.78 is 0. The van der Waals surface area contributed by atoms with E-state index in [1.165, 1.54) is 24.0 Å². The van der Waals surface area contributed by atoms with E-state index in [1.807, 2.05) is 13.8 Å². The van der Waals surface area contributed by atoms with Crippen molar-refractivity contribution in [2.45, 2.75) is 66.2 Å². The van der Waals surface area contributed by atoms with Gasteiger partial charge >= 0.3 is 0 Å². The largest absolute Gasteiger partial charge is 0.299 e. The van der Waals surface area contributed by atoms with Crippen molar-refractivity contribution in [3.8, 4) is 0 Å². The van der Waals surface area contributed by atoms with Crippen LogP contribution in [0.4, 0.5) is 0 Å². The average Bonchev–Trinajstić information content (AvgIpc) is 2.76. The van der Waals surface area contributed by atoms with E-state index < -0.39 is 0 Å². The first-order valence-corrected chi connectivity index (χ1v) is 8.60. The summed E-state index contributed by atoms with van der Waals surface area (Å²) in [5.41, 5.74) is 2.78. The van der Waals surface area contributed by atoms with Gasteiger partial charge in [0.1, 0.15) is 5.78 Å². The number of fused-ring (bicyclic) bond motifs is 1. The highest BCUT2D eigenvalue weighted by atomic mass is 16.1. The predicted molar refractivity (Wildman–Crippen MR) is 89.5 cm³/mol. The van der Waals surface area contributed by atoms with E-state index in [4.69, 9.17) is 0 Å². The molecule has 1 aromatic rings. The van der Waals surface area contributed by atoms with Crippen molar-refractivity contribution in [2.75, 3.05) is 0 Å². The normalized spacial score (nSPS) is 34.9. The molecule has 2 saturated carbocycles. The molecule has 0 amide bonds. The Balaban J connectivity index is 0.000000774. The Labute approximate surface area is 130 Å². The van der Waals surface area contributed by atoms with Crippen LogP contribution in [0.2, 0.25) is 0 Å². The van der Waals surface area contributed by atoms with Gasteiger partial charge < -0.3 is 0 Å². The predicted octanol–water partition coefficient (Wildman–Crippen LogP) is 5.52. The van der Waals surface area contributed by atoms with Crippen molar-refractivity contribution in [3.63, 3.8) is 0 Å². The molecule has 116 valence electrons. The van der Waals surface area contributed by atoms with E-state index in [1.54, 1.807) is 0 Å². The van der Waals surface area contributed by atoms with Gasteiger partial charge in [0.25, 0.3) is 0 Å². The molecule has 0 bridgehead atoms. The smallest absolute Gasteiger partial charge is 0.140 e. The highest BCUT2D eigenvalue weighted by molar-refractivity contribution is 5.87. The minimum atomic E-state index is 0.156. The first kappa shape index (κ1) is 16.3. The van der Waals surface area contributed by atoms with E-state index in [0.717, 1.165) is 18.8 Å². The van der Waals surface area contributed by atoms with Gasteiger partial charge in [0.15, 0.2) is 0 Å². The molecule has 2 fully saturated rings. The van der Waals surface area contributed by atoms with Crippen LogP contribution in [0.1, 0.15) is 70.4 Å². The Morgan fingerprint density at radius 1 is 1.10 bits per heavy atom. The second-order valence-electron chi connectivity index (χ2n) is 7.02. The highest BCUT2D eigenvalue weighted by Crippen LogP contribution is 2.56. The average molecular weight is 286 g/mol. The van der Waals surface area contributed by atoms with Crippen LogP contribution in [0.3, 0.4) is 0 Å². The van der Waals surface area contributed by atoms with Crippen molar-refractivity contribution >= 4 is 5.78 Å². The fourth-order valence-electron chi connectivity index (χ4n) is 4.25. The van der Waals surface area contributed by atoms with Crippen LogP contribution in [0.25, 0.3) is 0 Å². The molecule has 0 saturated heterocycles. The maximum atomic E-state index is 12.6. The summed E-state index contributed by atoms with van der Waals surface area (Å²) in [7, 11) is 0. The first-order chi connectivity index (χ1) is 10.0. The number of hydrogen-bond acceptors (Lipinski definition) is 1. The van der Waals surface area contributed by atoms with Crippen molar-refractivity contribution in [3.05, 3.63) is 35.4 Å². The van der Waals surface area contributed by atoms with Crippen molar-refractivity contribution in [2.24, 2.45) is 17.3 Å². The van der Waals surface area contributed by atoms with Gasteiger partial charge in [0.2, 0.25) is 0 Å². The fraction of sp³-hybridized carbons (Fsp3) is 0.650. The van der Waals surface area contributed by atoms with Crippen LogP contribution >= 0.6 is 0 Å². The number of benzene rings is 1. The zero-order valence-electron chi connectivity index (χ0n) is 14.3. The van der Waals surface area contributed by atoms with Crippen LogP contribution in [-0.4, -0.2) is 5.78 Å². The second kappa shape index (κ2) is 6.34. The van der Waals surface area contributed by atoms with Crippen molar-refractivity contribution < 1.29 is 4.79 Å². The number of aryl methyl sites for hydroxylation is 1. The molecular formula is C20H30O. The van der Waals surface area contributed by atoms with Crippen LogP contribution in [0.5, 0.6) is 0 Å². The third-order valence-corrected chi connectivity index (χ3v) is 5.95. The maximum absolute atomic E-state index is 12.6. The van der Waals surface area contributed by atoms with Crippen LogP contribution in [-0.2, 0) is 4.79 Å². The monoisotopic (exact) mass is 286 g/mol. The molecule has 0 aromatic heterocycles. The molecule has 4 unspecified atom stereocenters. The van der Waals surface area contributed by atoms with Crippen LogP contribution in [0.15, 0.2) is 24.3 Å². The first-order valence-electron chi connectivity index (χ1n) is 8.60. The Hall–Kier alpha value is -1.11. The lowest BCUT2D eigenvalue weighted by molar-refractivity contribution is -0.127. The topological polar surface area (TPSA) is 17.1 Å². The molecule has 0 spiro atoms. The third kappa shape index (κ3) is 2.93. The van der Waals surface area contributed by atoms with Crippen LogP contribution < -0.4 is 0 Å². The molecular weight excluding hydrogens is 256 g/mol. The van der Waals surface area contributed by atoms with E-state index in [0.29, 0.717) is 11.7 Å². The summed E-state index contributed by atoms with van der Waals surface area (Å²) in [5.74, 6) is 2.08. The number of carbonyl (C=O) groups is 1. The number of carbonyl (C=O) groups excluding carboxylic acids is 1. The van der Waals surface area contributed by atoms with Gasteiger partial charge in [-0.25, -0.2) is 0 Å². The van der Waals surface area contributed by atoms with Gasteiger partial charge in [-0.15, -0.1) is 0 Å². The Morgan fingerprint density at radius 2 is 1.71 bits per heavy atom. The van der Waals surface area contributed by atoms with Gasteiger partial charge in [0, 0.05) is 12.3 Å². The molecule has 1 aromatic carbocycles. The summed E-state index contributed by atoms with van der Waals surface area (Å²) in [6.45, 7) is 10.8. The molecule has 1 nitrogen and oxygen atoms in total. The number of ketones is 1. The number of rotatable bonds is 1. The molecule has 2 aliphatic rings. The van der Waals surface area contributed by atoms with Gasteiger partial charge in [-0.3, -0.25) is 4.79 Å². The minimum absolute atomic E-state index is 0.156. The lowest BCUT2D eigenvalue weighted by Gasteiger charge is -2.42. The summed E-state index contributed by atoms with van der Waals surface area (Å²) in [4.78, 5) is 12.6. The molecule has 0 aliphatic heterocycles. The highest BCUT2D eigenvalue weighted by Gasteiger charge is 2.50. The summed E-state index contributed by atoms with van der Waals surface area (Å²) in [5, 5.41) is 0. The zero-order valence-corrected chi connectivity index (χ0v) is 14.3. The summed E-state index contributed by atoms with van der Waals surface area (Å²) >= 11 is 0. The zero-order chi connectivity index (χ0) is 15.6. The lowest BCUT2D eigenvalue weighted by Crippen LogP contribution is -2.38. The van der Waals surface area contributed by atoms with E-state index in [2.05, 4.69) is 45.0 Å². The van der Waals surface area contributed by atoms with Crippen molar-refractivity contribution in [1.82, 2.24) is 0 Å². The van der Waals surface area contributed by atoms with Crippen molar-refractivity contribution in [1.29, 1.82) is 0 Å². The maximum Gasteiger partial charge on any atom is 0.140 e. The third-order valence-electron chi connectivity index (χ3n) is 5.95. The summed E-state index contributed by atoms with van der Waals surface area (Å²) in [6.07, 6.45) is 4.47. The standard InChI is InChI=1S/C18H24O.C2H6/c1-12-4-7-14(8-5-12)16-10-15-9-6-13(2)18(15,3)11-17(16)19;1-2/h4-5,7-8,13,15-16H,6,9-11H2,1-3H3;1-2H3. The van der Waals surface area contributed by atoms with Gasteiger partial charge in [0.05, 0.1) is 0 Å². The van der Waals surface area contributed by atoms with Crippen LogP contribution in [0, 0.1) is 24.2 Å². The van der Waals surface area contributed by atoms with Gasteiger partial charge in [-0.05, 0) is 49.0 Å². The molecule has 21 heavy (non-hydrogen) atoms. The van der Waals surface area contributed by atoms with E-state index in [-0.39, 0.29) is 11.3 Å². The van der Waals surface area contributed by atoms with E-state index in [9.17, 15) is 4.79 Å². The SMILES string of the molecule is CC.Cc1ccc(C2CC3CCC(C)C3(C)CC2=O)cc1. The van der Waals surface area contributed by atoms with Gasteiger partial charge in [-0.2, -0.15) is 0 Å². The molecule has 0 N–H and O–H groups in total. The van der Waals surface area contributed by atoms with Gasteiger partial charge in [-0.1, -0.05) is 57.5 Å². The minimum Gasteiger partial charge on any atom is -0.299 e. The Bertz CT molecular complexity index is 487. The fourth-order valence-corrected chi connectivity index (χ4v) is 4.25. The molecule has 2 aliphatic carbocycles. The quantitative estimate of drug-likeness (QED) is 0.664. The molecule has 0 heterocycles. The second-order valence-corrected chi connectivity index (χ2v) is 7.02. The molecule has 3 rings (SSSR count). The molecule has 4 atom stereocenters. The number of hydrogen-bond donors (Lipinski definition) is 0. The Kier molecular flexibility index (Phi) is 4.91. The molecule has 0 radical (unpaired) electrons. The van der Waals surface area contributed by atoms with E-state index >= 15 is 0 Å². The number of Topliss-reactive ketones (excluding diaryl/α,β-unsaturated/α-hetero) is 1. The summed E-state index contributed by atoms with van der Waals surface area (Å²) in [6, 6.07) is 8.57. The lowest BCUT2D eigenvalue weighted by atomic mass is 9.61.